The number of hydrogen-bond donors (Lipinski definition) is 1. The van der Waals surface area contributed by atoms with Gasteiger partial charge in [-0.1, -0.05) is 18.2 Å². The Bertz CT molecular complexity index is 647. The molecule has 0 saturated carbocycles. The van der Waals surface area contributed by atoms with Crippen LogP contribution in [-0.2, 0) is 9.53 Å². The standard InChI is InChI=1S/C14H15N3O3/c1-9-13(14(19)20-8-12(15)18)10(2)17(16-9)11-6-4-3-5-7-11/h3-7H,8H2,1-2H3,(H2,15,18). The zero-order valence-electron chi connectivity index (χ0n) is 11.3. The molecule has 2 rings (SSSR count). The molecule has 6 heteroatoms. The van der Waals surface area contributed by atoms with E-state index in [0.29, 0.717) is 17.0 Å². The molecule has 0 unspecified atom stereocenters. The summed E-state index contributed by atoms with van der Waals surface area (Å²) >= 11 is 0. The van der Waals surface area contributed by atoms with Gasteiger partial charge >= 0.3 is 5.97 Å². The molecule has 1 heterocycles. The molecule has 0 saturated heterocycles. The lowest BCUT2D eigenvalue weighted by Crippen LogP contribution is -2.21. The van der Waals surface area contributed by atoms with Crippen LogP contribution in [0, 0.1) is 13.8 Å². The first kappa shape index (κ1) is 13.8. The first-order chi connectivity index (χ1) is 9.50. The van der Waals surface area contributed by atoms with Crippen molar-refractivity contribution in [1.82, 2.24) is 9.78 Å². The summed E-state index contributed by atoms with van der Waals surface area (Å²) in [7, 11) is 0. The van der Waals surface area contributed by atoms with E-state index in [2.05, 4.69) is 5.10 Å². The van der Waals surface area contributed by atoms with Crippen LogP contribution in [0.1, 0.15) is 21.7 Å². The molecule has 0 fully saturated rings. The number of para-hydroxylation sites is 1. The van der Waals surface area contributed by atoms with Gasteiger partial charge in [-0.2, -0.15) is 5.10 Å². The van der Waals surface area contributed by atoms with E-state index in [4.69, 9.17) is 10.5 Å². The summed E-state index contributed by atoms with van der Waals surface area (Å²) in [5.74, 6) is -1.29. The van der Waals surface area contributed by atoms with Crippen LogP contribution in [0.2, 0.25) is 0 Å². The van der Waals surface area contributed by atoms with Gasteiger partial charge < -0.3 is 10.5 Å². The lowest BCUT2D eigenvalue weighted by molar-refractivity contribution is -0.121. The van der Waals surface area contributed by atoms with E-state index in [1.54, 1.807) is 18.5 Å². The van der Waals surface area contributed by atoms with E-state index < -0.39 is 18.5 Å². The molecule has 2 N–H and O–H groups in total. The predicted molar refractivity (Wildman–Crippen MR) is 72.5 cm³/mol. The highest BCUT2D eigenvalue weighted by Crippen LogP contribution is 2.18. The van der Waals surface area contributed by atoms with Gasteiger partial charge in [0, 0.05) is 0 Å². The van der Waals surface area contributed by atoms with Gasteiger partial charge in [0.25, 0.3) is 5.91 Å². The summed E-state index contributed by atoms with van der Waals surface area (Å²) in [5, 5.41) is 4.33. The minimum atomic E-state index is -0.691. The normalized spacial score (nSPS) is 10.3. The van der Waals surface area contributed by atoms with Crippen molar-refractivity contribution in [1.29, 1.82) is 0 Å². The lowest BCUT2D eigenvalue weighted by Gasteiger charge is -2.05. The Morgan fingerprint density at radius 3 is 2.50 bits per heavy atom. The maximum atomic E-state index is 12.0. The van der Waals surface area contributed by atoms with Crippen molar-refractivity contribution in [2.75, 3.05) is 6.61 Å². The molecule has 0 aliphatic carbocycles. The number of aryl methyl sites for hydroxylation is 1. The summed E-state index contributed by atoms with van der Waals surface area (Å²) in [6, 6.07) is 9.45. The number of amides is 1. The molecule has 20 heavy (non-hydrogen) atoms. The Balaban J connectivity index is 2.34. The molecular formula is C14H15N3O3. The fourth-order valence-electron chi connectivity index (χ4n) is 1.97. The topological polar surface area (TPSA) is 87.2 Å². The Morgan fingerprint density at radius 2 is 1.90 bits per heavy atom. The molecule has 1 aromatic heterocycles. The lowest BCUT2D eigenvalue weighted by atomic mass is 10.2. The van der Waals surface area contributed by atoms with Crippen molar-refractivity contribution in [2.24, 2.45) is 5.73 Å². The monoisotopic (exact) mass is 273 g/mol. The summed E-state index contributed by atoms with van der Waals surface area (Å²) in [5.41, 5.74) is 7.36. The van der Waals surface area contributed by atoms with Crippen LogP contribution in [-0.4, -0.2) is 28.3 Å². The smallest absolute Gasteiger partial charge is 0.342 e. The van der Waals surface area contributed by atoms with Crippen LogP contribution in [0.5, 0.6) is 0 Å². The van der Waals surface area contributed by atoms with Gasteiger partial charge in [0.1, 0.15) is 5.56 Å². The van der Waals surface area contributed by atoms with Gasteiger partial charge in [-0.25, -0.2) is 9.48 Å². The van der Waals surface area contributed by atoms with Crippen LogP contribution in [0.4, 0.5) is 0 Å². The van der Waals surface area contributed by atoms with Gasteiger partial charge in [-0.15, -0.1) is 0 Å². The number of ether oxygens (including phenoxy) is 1. The van der Waals surface area contributed by atoms with Crippen molar-refractivity contribution < 1.29 is 14.3 Å². The SMILES string of the molecule is Cc1nn(-c2ccccc2)c(C)c1C(=O)OCC(N)=O. The minimum Gasteiger partial charge on any atom is -0.452 e. The third kappa shape index (κ3) is 2.69. The number of nitrogens with zero attached hydrogens (tertiary/aromatic N) is 2. The number of primary amides is 1. The predicted octanol–water partition coefficient (Wildman–Crippen LogP) is 1.13. The molecule has 0 radical (unpaired) electrons. The van der Waals surface area contributed by atoms with E-state index in [9.17, 15) is 9.59 Å². The summed E-state index contributed by atoms with van der Waals surface area (Å²) < 4.78 is 6.50. The molecule has 0 spiro atoms. The van der Waals surface area contributed by atoms with Gasteiger partial charge in [0.2, 0.25) is 0 Å². The molecule has 0 aliphatic heterocycles. The Kier molecular flexibility index (Phi) is 3.84. The highest BCUT2D eigenvalue weighted by molar-refractivity contribution is 5.93. The molecule has 104 valence electrons. The molecular weight excluding hydrogens is 258 g/mol. The maximum absolute atomic E-state index is 12.0. The van der Waals surface area contributed by atoms with Crippen LogP contribution < -0.4 is 5.73 Å². The third-order valence-electron chi connectivity index (χ3n) is 2.84. The quantitative estimate of drug-likeness (QED) is 0.846. The van der Waals surface area contributed by atoms with Gasteiger partial charge in [-0.05, 0) is 26.0 Å². The Labute approximate surface area is 116 Å². The number of nitrogens with two attached hydrogens (primary N) is 1. The number of hydrogen-bond acceptors (Lipinski definition) is 4. The summed E-state index contributed by atoms with van der Waals surface area (Å²) in [4.78, 5) is 22.6. The van der Waals surface area contributed by atoms with Crippen LogP contribution in [0.3, 0.4) is 0 Å². The molecule has 1 aromatic carbocycles. The van der Waals surface area contributed by atoms with Crippen molar-refractivity contribution in [3.05, 3.63) is 47.3 Å². The second-order valence-electron chi connectivity index (χ2n) is 4.34. The van der Waals surface area contributed by atoms with Crippen LogP contribution >= 0.6 is 0 Å². The maximum Gasteiger partial charge on any atom is 0.342 e. The van der Waals surface area contributed by atoms with Crippen molar-refractivity contribution >= 4 is 11.9 Å². The zero-order chi connectivity index (χ0) is 14.7. The minimum absolute atomic E-state index is 0.357. The summed E-state index contributed by atoms with van der Waals surface area (Å²) in [6.45, 7) is 3.05. The largest absolute Gasteiger partial charge is 0.452 e. The van der Waals surface area contributed by atoms with Crippen molar-refractivity contribution in [3.8, 4) is 5.69 Å². The number of carbonyl (C=O) groups is 2. The molecule has 1 amide bonds. The van der Waals surface area contributed by atoms with E-state index in [1.165, 1.54) is 0 Å². The first-order valence-corrected chi connectivity index (χ1v) is 6.07. The number of aromatic nitrogens is 2. The second kappa shape index (κ2) is 5.56. The first-order valence-electron chi connectivity index (χ1n) is 6.07. The molecule has 2 aromatic rings. The highest BCUT2D eigenvalue weighted by Gasteiger charge is 2.21. The van der Waals surface area contributed by atoms with Crippen LogP contribution in [0.25, 0.3) is 5.69 Å². The van der Waals surface area contributed by atoms with E-state index >= 15 is 0 Å². The Hall–Kier alpha value is -2.63. The van der Waals surface area contributed by atoms with Crippen LogP contribution in [0.15, 0.2) is 30.3 Å². The second-order valence-corrected chi connectivity index (χ2v) is 4.34. The number of benzene rings is 1. The fraction of sp³-hybridized carbons (Fsp3) is 0.214. The van der Waals surface area contributed by atoms with Gasteiger partial charge in [0.15, 0.2) is 6.61 Å². The van der Waals surface area contributed by atoms with E-state index in [1.807, 2.05) is 30.3 Å². The van der Waals surface area contributed by atoms with Crippen molar-refractivity contribution in [3.63, 3.8) is 0 Å². The molecule has 6 nitrogen and oxygen atoms in total. The van der Waals surface area contributed by atoms with Gasteiger partial charge in [-0.3, -0.25) is 4.79 Å². The van der Waals surface area contributed by atoms with Gasteiger partial charge in [0.05, 0.1) is 17.1 Å². The molecule has 0 aliphatic rings. The van der Waals surface area contributed by atoms with Crippen molar-refractivity contribution in [2.45, 2.75) is 13.8 Å². The number of carbonyl (C=O) groups excluding carboxylic acids is 2. The third-order valence-corrected chi connectivity index (χ3v) is 2.84. The number of esters is 1. The molecule has 0 bridgehead atoms. The average molecular weight is 273 g/mol. The Morgan fingerprint density at radius 1 is 1.25 bits per heavy atom. The summed E-state index contributed by atoms with van der Waals surface area (Å²) in [6.07, 6.45) is 0. The molecule has 0 atom stereocenters. The van der Waals surface area contributed by atoms with E-state index in [0.717, 1.165) is 5.69 Å². The average Bonchev–Trinajstić information content (AvgIpc) is 2.72. The highest BCUT2D eigenvalue weighted by atomic mass is 16.5. The fourth-order valence-corrected chi connectivity index (χ4v) is 1.97. The van der Waals surface area contributed by atoms with E-state index in [-0.39, 0.29) is 0 Å². The zero-order valence-corrected chi connectivity index (χ0v) is 11.3. The number of rotatable bonds is 4.